The van der Waals surface area contributed by atoms with Gasteiger partial charge in [0, 0.05) is 17.6 Å². The number of halogens is 1. The van der Waals surface area contributed by atoms with Crippen LogP contribution >= 0.6 is 15.9 Å². The van der Waals surface area contributed by atoms with Crippen LogP contribution in [0.5, 0.6) is 0 Å². The molecule has 0 aromatic heterocycles. The molecule has 0 spiro atoms. The minimum Gasteiger partial charge on any atom is -0.480 e. The Labute approximate surface area is 132 Å². The Kier molecular flexibility index (Phi) is 5.61. The molecule has 2 amide bonds. The van der Waals surface area contributed by atoms with E-state index in [1.807, 2.05) is 24.3 Å². The molecule has 114 valence electrons. The highest BCUT2D eigenvalue weighted by molar-refractivity contribution is 9.10. The van der Waals surface area contributed by atoms with Crippen LogP contribution in [0.3, 0.4) is 0 Å². The van der Waals surface area contributed by atoms with Gasteiger partial charge in [-0.05, 0) is 30.5 Å². The van der Waals surface area contributed by atoms with Crippen molar-refractivity contribution in [2.24, 2.45) is 0 Å². The first-order chi connectivity index (χ1) is 10.1. The van der Waals surface area contributed by atoms with Crippen molar-refractivity contribution in [2.75, 3.05) is 6.54 Å². The predicted molar refractivity (Wildman–Crippen MR) is 83.0 cm³/mol. The largest absolute Gasteiger partial charge is 0.480 e. The summed E-state index contributed by atoms with van der Waals surface area (Å²) in [6.45, 7) is 0.891. The van der Waals surface area contributed by atoms with Crippen LogP contribution in [0.1, 0.15) is 31.2 Å². The maximum Gasteiger partial charge on any atom is 0.326 e. The van der Waals surface area contributed by atoms with Crippen molar-refractivity contribution in [2.45, 2.75) is 38.3 Å². The molecule has 1 unspecified atom stereocenters. The van der Waals surface area contributed by atoms with Crippen LogP contribution < -0.4 is 5.32 Å². The number of aliphatic carboxylic acids is 1. The molecular weight excluding hydrogens is 336 g/mol. The zero-order valence-corrected chi connectivity index (χ0v) is 13.3. The standard InChI is InChI=1S/C15H19BrN2O3/c16-12-6-4-5-11(9-12)10-17-15(21)18-8-3-1-2-7-13(18)14(19)20/h4-6,9,13H,1-3,7-8,10H2,(H,17,21)(H,19,20). The fourth-order valence-electron chi connectivity index (χ4n) is 2.53. The lowest BCUT2D eigenvalue weighted by molar-refractivity contribution is -0.142. The average molecular weight is 355 g/mol. The highest BCUT2D eigenvalue weighted by Gasteiger charge is 2.30. The van der Waals surface area contributed by atoms with Crippen LogP contribution in [0.25, 0.3) is 0 Å². The van der Waals surface area contributed by atoms with Gasteiger partial charge in [-0.1, -0.05) is 40.9 Å². The maximum atomic E-state index is 12.3. The van der Waals surface area contributed by atoms with Gasteiger partial charge in [0.05, 0.1) is 0 Å². The molecule has 1 heterocycles. The van der Waals surface area contributed by atoms with E-state index in [2.05, 4.69) is 21.2 Å². The third kappa shape index (κ3) is 4.46. The summed E-state index contributed by atoms with van der Waals surface area (Å²) in [7, 11) is 0. The molecule has 0 aliphatic carbocycles. The van der Waals surface area contributed by atoms with Gasteiger partial charge in [-0.3, -0.25) is 0 Å². The molecule has 0 bridgehead atoms. The van der Waals surface area contributed by atoms with Crippen molar-refractivity contribution in [1.29, 1.82) is 0 Å². The molecule has 1 aromatic carbocycles. The monoisotopic (exact) mass is 354 g/mol. The molecule has 0 saturated carbocycles. The van der Waals surface area contributed by atoms with Gasteiger partial charge in [-0.25, -0.2) is 9.59 Å². The molecular formula is C15H19BrN2O3. The Bertz CT molecular complexity index is 521. The molecule has 2 rings (SSSR count). The molecule has 1 saturated heterocycles. The third-order valence-electron chi connectivity index (χ3n) is 3.63. The molecule has 1 fully saturated rings. The normalized spacial score (nSPS) is 18.9. The summed E-state index contributed by atoms with van der Waals surface area (Å²) in [5.41, 5.74) is 0.972. The number of likely N-dealkylation sites (tertiary alicyclic amines) is 1. The molecule has 0 radical (unpaired) electrons. The second kappa shape index (κ2) is 7.45. The number of hydrogen-bond acceptors (Lipinski definition) is 2. The number of rotatable bonds is 3. The topological polar surface area (TPSA) is 69.6 Å². The molecule has 2 N–H and O–H groups in total. The highest BCUT2D eigenvalue weighted by atomic mass is 79.9. The highest BCUT2D eigenvalue weighted by Crippen LogP contribution is 2.17. The molecule has 1 atom stereocenters. The number of carbonyl (C=O) groups is 2. The van der Waals surface area contributed by atoms with Gasteiger partial charge in [0.25, 0.3) is 0 Å². The SMILES string of the molecule is O=C(O)C1CCCCCN1C(=O)NCc1cccc(Br)c1. The van der Waals surface area contributed by atoms with Gasteiger partial charge in [0.15, 0.2) is 0 Å². The molecule has 5 nitrogen and oxygen atoms in total. The van der Waals surface area contributed by atoms with Crippen LogP contribution in [0.15, 0.2) is 28.7 Å². The van der Waals surface area contributed by atoms with E-state index >= 15 is 0 Å². The Morgan fingerprint density at radius 1 is 1.33 bits per heavy atom. The number of carboxylic acid groups (broad SMARTS) is 1. The summed E-state index contributed by atoms with van der Waals surface area (Å²) >= 11 is 3.38. The summed E-state index contributed by atoms with van der Waals surface area (Å²) in [5, 5.41) is 12.1. The quantitative estimate of drug-likeness (QED) is 0.876. The first-order valence-corrected chi connectivity index (χ1v) is 7.89. The Hall–Kier alpha value is -1.56. The first kappa shape index (κ1) is 15.8. The molecule has 1 aliphatic heterocycles. The minimum atomic E-state index is -0.922. The van der Waals surface area contributed by atoms with Gasteiger partial charge in [-0.2, -0.15) is 0 Å². The maximum absolute atomic E-state index is 12.3. The van der Waals surface area contributed by atoms with Crippen molar-refractivity contribution in [3.05, 3.63) is 34.3 Å². The number of carbonyl (C=O) groups excluding carboxylic acids is 1. The summed E-state index contributed by atoms with van der Waals surface area (Å²) in [4.78, 5) is 25.0. The number of urea groups is 1. The summed E-state index contributed by atoms with van der Waals surface area (Å²) in [6, 6.07) is 6.65. The lowest BCUT2D eigenvalue weighted by atomic mass is 10.1. The van der Waals surface area contributed by atoms with Crippen molar-refractivity contribution < 1.29 is 14.7 Å². The summed E-state index contributed by atoms with van der Waals surface area (Å²) in [6.07, 6.45) is 3.21. The van der Waals surface area contributed by atoms with Crippen molar-refractivity contribution in [1.82, 2.24) is 10.2 Å². The minimum absolute atomic E-state index is 0.302. The summed E-state index contributed by atoms with van der Waals surface area (Å²) in [5.74, 6) is -0.922. The predicted octanol–water partition coefficient (Wildman–Crippen LogP) is 2.99. The molecule has 1 aromatic rings. The van der Waals surface area contributed by atoms with Crippen LogP contribution in [0, 0.1) is 0 Å². The van der Waals surface area contributed by atoms with E-state index in [9.17, 15) is 14.7 Å². The van der Waals surface area contributed by atoms with E-state index in [1.165, 1.54) is 4.90 Å². The van der Waals surface area contributed by atoms with Gasteiger partial charge in [0.2, 0.25) is 0 Å². The van der Waals surface area contributed by atoms with E-state index in [4.69, 9.17) is 0 Å². The fourth-order valence-corrected chi connectivity index (χ4v) is 2.98. The fraction of sp³-hybridized carbons (Fsp3) is 0.467. The van der Waals surface area contributed by atoms with Crippen LogP contribution in [-0.4, -0.2) is 34.6 Å². The van der Waals surface area contributed by atoms with Gasteiger partial charge >= 0.3 is 12.0 Å². The van der Waals surface area contributed by atoms with Crippen LogP contribution in [0.2, 0.25) is 0 Å². The lowest BCUT2D eigenvalue weighted by Crippen LogP contribution is -2.49. The Morgan fingerprint density at radius 2 is 2.14 bits per heavy atom. The average Bonchev–Trinajstić information content (AvgIpc) is 2.70. The van der Waals surface area contributed by atoms with E-state index in [0.29, 0.717) is 19.5 Å². The van der Waals surface area contributed by atoms with Crippen molar-refractivity contribution in [3.63, 3.8) is 0 Å². The van der Waals surface area contributed by atoms with E-state index in [0.717, 1.165) is 29.3 Å². The van der Waals surface area contributed by atoms with E-state index in [1.54, 1.807) is 0 Å². The van der Waals surface area contributed by atoms with Gasteiger partial charge in [-0.15, -0.1) is 0 Å². The summed E-state index contributed by atoms with van der Waals surface area (Å²) < 4.78 is 0.951. The van der Waals surface area contributed by atoms with Gasteiger partial charge < -0.3 is 15.3 Å². The Balaban J connectivity index is 1.98. The number of nitrogens with zero attached hydrogens (tertiary/aromatic N) is 1. The second-order valence-corrected chi connectivity index (χ2v) is 6.10. The number of hydrogen-bond donors (Lipinski definition) is 2. The van der Waals surface area contributed by atoms with Crippen molar-refractivity contribution in [3.8, 4) is 0 Å². The zero-order valence-electron chi connectivity index (χ0n) is 11.7. The molecule has 6 heteroatoms. The van der Waals surface area contributed by atoms with Crippen LogP contribution in [-0.2, 0) is 11.3 Å². The van der Waals surface area contributed by atoms with Gasteiger partial charge in [0.1, 0.15) is 6.04 Å². The number of carboxylic acids is 1. The Morgan fingerprint density at radius 3 is 2.86 bits per heavy atom. The lowest BCUT2D eigenvalue weighted by Gasteiger charge is -2.27. The zero-order chi connectivity index (χ0) is 15.2. The smallest absolute Gasteiger partial charge is 0.326 e. The number of benzene rings is 1. The number of amides is 2. The van der Waals surface area contributed by atoms with E-state index in [-0.39, 0.29) is 6.03 Å². The van der Waals surface area contributed by atoms with E-state index < -0.39 is 12.0 Å². The van der Waals surface area contributed by atoms with Crippen molar-refractivity contribution >= 4 is 27.9 Å². The first-order valence-electron chi connectivity index (χ1n) is 7.09. The van der Waals surface area contributed by atoms with Crippen LogP contribution in [0.4, 0.5) is 4.79 Å². The number of nitrogens with one attached hydrogen (secondary N) is 1. The second-order valence-electron chi connectivity index (χ2n) is 5.19. The molecule has 21 heavy (non-hydrogen) atoms. The molecule has 1 aliphatic rings. The third-order valence-corrected chi connectivity index (χ3v) is 4.12.